The van der Waals surface area contributed by atoms with Crippen LogP contribution in [0.2, 0.25) is 0 Å². The lowest BCUT2D eigenvalue weighted by atomic mass is 9.77. The van der Waals surface area contributed by atoms with E-state index in [2.05, 4.69) is 13.8 Å². The van der Waals surface area contributed by atoms with Crippen LogP contribution in [0, 0.1) is 5.41 Å². The van der Waals surface area contributed by atoms with Crippen molar-refractivity contribution in [2.75, 3.05) is 20.3 Å². The molecule has 0 atom stereocenters. The summed E-state index contributed by atoms with van der Waals surface area (Å²) in [4.78, 5) is 11.9. The maximum atomic E-state index is 12.5. The molecule has 0 aliphatic heterocycles. The quantitative estimate of drug-likeness (QED) is 0.524. The van der Waals surface area contributed by atoms with E-state index in [0.29, 0.717) is 24.2 Å². The number of methoxy groups -OCH3 is 1. The second-order valence-electron chi connectivity index (χ2n) is 5.61. The minimum absolute atomic E-state index is 0.0455. The van der Waals surface area contributed by atoms with Crippen molar-refractivity contribution in [2.45, 2.75) is 47.0 Å². The van der Waals surface area contributed by atoms with Crippen LogP contribution in [-0.2, 0) is 27.7 Å². The van der Waals surface area contributed by atoms with Gasteiger partial charge in [0.2, 0.25) is 0 Å². The Hall–Kier alpha value is -0.840. The summed E-state index contributed by atoms with van der Waals surface area (Å²) in [6, 6.07) is 0. The van der Waals surface area contributed by atoms with Crippen molar-refractivity contribution in [1.29, 1.82) is 0 Å². The fourth-order valence-corrected chi connectivity index (χ4v) is 3.46. The number of hydrogen-bond donors (Lipinski definition) is 0. The first kappa shape index (κ1) is 18.2. The molecule has 0 spiro atoms. The molecule has 122 valence electrons. The van der Waals surface area contributed by atoms with E-state index in [1.807, 2.05) is 0 Å². The first-order chi connectivity index (χ1) is 9.77. The summed E-state index contributed by atoms with van der Waals surface area (Å²) >= 11 is 0. The number of phosphoric acid groups is 1. The number of phosphoric ester groups is 1. The minimum Gasteiger partial charge on any atom is -0.466 e. The summed E-state index contributed by atoms with van der Waals surface area (Å²) in [5.74, 6) is -0.108. The van der Waals surface area contributed by atoms with Gasteiger partial charge < -0.3 is 9.26 Å². The van der Waals surface area contributed by atoms with E-state index in [-0.39, 0.29) is 18.6 Å². The van der Waals surface area contributed by atoms with Crippen LogP contribution < -0.4 is 0 Å². The van der Waals surface area contributed by atoms with E-state index in [4.69, 9.17) is 18.3 Å². The van der Waals surface area contributed by atoms with Crippen molar-refractivity contribution in [3.63, 3.8) is 0 Å². The van der Waals surface area contributed by atoms with Crippen molar-refractivity contribution in [3.05, 3.63) is 11.3 Å². The Kier molecular flexibility index (Phi) is 6.44. The second kappa shape index (κ2) is 7.43. The molecule has 1 rings (SSSR count). The average Bonchev–Trinajstić information content (AvgIpc) is 2.37. The molecule has 0 aromatic rings. The smallest absolute Gasteiger partial charge is 0.466 e. The average molecular weight is 320 g/mol. The summed E-state index contributed by atoms with van der Waals surface area (Å²) in [7, 11) is -2.38. The van der Waals surface area contributed by atoms with Gasteiger partial charge in [-0.1, -0.05) is 13.8 Å². The number of allylic oxidation sites excluding steroid dienone is 1. The molecule has 1 aliphatic rings. The standard InChI is InChI=1S/C14H25O6P/c1-6-18-21(16,19-7-2)20-12-10-14(3,4)9-8-11(12)13(15)17-5/h6-10H2,1-5H3. The molecule has 0 unspecified atom stereocenters. The number of esters is 1. The Labute approximate surface area is 126 Å². The first-order valence-corrected chi connectivity index (χ1v) is 8.62. The van der Waals surface area contributed by atoms with Crippen molar-refractivity contribution < 1.29 is 27.7 Å². The van der Waals surface area contributed by atoms with Gasteiger partial charge in [0.15, 0.2) is 0 Å². The molecule has 0 saturated heterocycles. The Balaban J connectivity index is 3.09. The molecule has 0 aromatic carbocycles. The Morgan fingerprint density at radius 1 is 1.24 bits per heavy atom. The predicted octanol–water partition coefficient (Wildman–Crippen LogP) is 3.82. The third-order valence-corrected chi connectivity index (χ3v) is 4.85. The largest absolute Gasteiger partial charge is 0.529 e. The molecular formula is C14H25O6P. The third kappa shape index (κ3) is 5.13. The predicted molar refractivity (Wildman–Crippen MR) is 78.6 cm³/mol. The third-order valence-electron chi connectivity index (χ3n) is 3.26. The van der Waals surface area contributed by atoms with Crippen LogP contribution in [-0.4, -0.2) is 26.3 Å². The molecule has 0 radical (unpaired) electrons. The zero-order valence-electron chi connectivity index (χ0n) is 13.4. The molecule has 7 heteroatoms. The van der Waals surface area contributed by atoms with E-state index in [0.717, 1.165) is 6.42 Å². The van der Waals surface area contributed by atoms with E-state index in [9.17, 15) is 9.36 Å². The van der Waals surface area contributed by atoms with Crippen LogP contribution >= 0.6 is 7.82 Å². The number of ether oxygens (including phenoxy) is 1. The summed E-state index contributed by atoms with van der Waals surface area (Å²) in [6.07, 6.45) is 1.84. The van der Waals surface area contributed by atoms with Crippen molar-refractivity contribution in [2.24, 2.45) is 5.41 Å². The van der Waals surface area contributed by atoms with Gasteiger partial charge in [-0.2, -0.15) is 0 Å². The number of hydrogen-bond acceptors (Lipinski definition) is 6. The summed E-state index contributed by atoms with van der Waals surface area (Å²) in [5, 5.41) is 0. The molecule has 0 N–H and O–H groups in total. The maximum Gasteiger partial charge on any atom is 0.529 e. The molecule has 21 heavy (non-hydrogen) atoms. The SMILES string of the molecule is CCOP(=O)(OCC)OC1=C(C(=O)OC)CCC(C)(C)C1. The van der Waals surface area contributed by atoms with Crippen LogP contribution in [0.4, 0.5) is 0 Å². The van der Waals surface area contributed by atoms with Crippen molar-refractivity contribution in [1.82, 2.24) is 0 Å². The van der Waals surface area contributed by atoms with E-state index in [1.54, 1.807) is 13.8 Å². The molecule has 1 aliphatic carbocycles. The van der Waals surface area contributed by atoms with Gasteiger partial charge in [0.1, 0.15) is 5.76 Å². The monoisotopic (exact) mass is 320 g/mol. The fourth-order valence-electron chi connectivity index (χ4n) is 2.20. The Morgan fingerprint density at radius 2 is 1.81 bits per heavy atom. The van der Waals surface area contributed by atoms with Crippen LogP contribution in [0.3, 0.4) is 0 Å². The minimum atomic E-state index is -3.70. The van der Waals surface area contributed by atoms with Crippen molar-refractivity contribution >= 4 is 13.8 Å². The van der Waals surface area contributed by atoms with Crippen LogP contribution in [0.15, 0.2) is 11.3 Å². The fraction of sp³-hybridized carbons (Fsp3) is 0.786. The molecule has 0 heterocycles. The van der Waals surface area contributed by atoms with E-state index >= 15 is 0 Å². The van der Waals surface area contributed by atoms with Crippen molar-refractivity contribution in [3.8, 4) is 0 Å². The maximum absolute atomic E-state index is 12.5. The van der Waals surface area contributed by atoms with Gasteiger partial charge in [0, 0.05) is 6.42 Å². The zero-order chi connectivity index (χ0) is 16.1. The van der Waals surface area contributed by atoms with Crippen LogP contribution in [0.25, 0.3) is 0 Å². The second-order valence-corrected chi connectivity index (χ2v) is 7.20. The lowest BCUT2D eigenvalue weighted by molar-refractivity contribution is -0.136. The van der Waals surface area contributed by atoms with Gasteiger partial charge >= 0.3 is 13.8 Å². The summed E-state index contributed by atoms with van der Waals surface area (Å²) in [5.41, 5.74) is 0.368. The molecule has 0 aromatic heterocycles. The molecule has 0 saturated carbocycles. The van der Waals surface area contributed by atoms with Gasteiger partial charge in [0.25, 0.3) is 0 Å². The molecule has 0 fully saturated rings. The van der Waals surface area contributed by atoms with Gasteiger partial charge in [-0.3, -0.25) is 9.05 Å². The summed E-state index contributed by atoms with van der Waals surface area (Å²) < 4.78 is 33.0. The molecule has 0 bridgehead atoms. The first-order valence-electron chi connectivity index (χ1n) is 7.16. The molecular weight excluding hydrogens is 295 g/mol. The summed E-state index contributed by atoms with van der Waals surface area (Å²) in [6.45, 7) is 7.93. The lowest BCUT2D eigenvalue weighted by Gasteiger charge is -2.32. The molecule has 6 nitrogen and oxygen atoms in total. The normalized spacial score (nSPS) is 18.5. The Bertz CT molecular complexity index is 444. The highest BCUT2D eigenvalue weighted by Gasteiger charge is 2.37. The number of carbonyl (C=O) groups excluding carboxylic acids is 1. The van der Waals surface area contributed by atoms with Gasteiger partial charge in [-0.15, -0.1) is 0 Å². The number of rotatable bonds is 7. The van der Waals surface area contributed by atoms with Gasteiger partial charge in [-0.05, 0) is 32.1 Å². The topological polar surface area (TPSA) is 71.1 Å². The highest BCUT2D eigenvalue weighted by atomic mass is 31.2. The zero-order valence-corrected chi connectivity index (χ0v) is 14.3. The van der Waals surface area contributed by atoms with Gasteiger partial charge in [-0.25, -0.2) is 9.36 Å². The van der Waals surface area contributed by atoms with Crippen LogP contribution in [0.1, 0.15) is 47.0 Å². The highest BCUT2D eigenvalue weighted by Crippen LogP contribution is 2.54. The highest BCUT2D eigenvalue weighted by molar-refractivity contribution is 7.48. The Morgan fingerprint density at radius 3 is 2.29 bits per heavy atom. The van der Waals surface area contributed by atoms with E-state index in [1.165, 1.54) is 7.11 Å². The van der Waals surface area contributed by atoms with Gasteiger partial charge in [0.05, 0.1) is 25.9 Å². The molecule has 0 amide bonds. The van der Waals surface area contributed by atoms with Crippen LogP contribution in [0.5, 0.6) is 0 Å². The van der Waals surface area contributed by atoms with E-state index < -0.39 is 13.8 Å². The lowest BCUT2D eigenvalue weighted by Crippen LogP contribution is -2.23. The number of carbonyl (C=O) groups is 1.